The number of carboxylic acids is 1. The number of halogens is 2. The lowest BCUT2D eigenvalue weighted by molar-refractivity contribution is 0.0697. The minimum absolute atomic E-state index is 0.00496. The molecule has 2 aromatic carbocycles. The van der Waals surface area contributed by atoms with Gasteiger partial charge >= 0.3 is 5.97 Å². The van der Waals surface area contributed by atoms with E-state index in [1.165, 1.54) is 18.2 Å². The average Bonchev–Trinajstić information content (AvgIpc) is 3.08. The van der Waals surface area contributed by atoms with Gasteiger partial charge in [-0.15, -0.1) is 0 Å². The van der Waals surface area contributed by atoms with Gasteiger partial charge in [0.2, 0.25) is 0 Å². The van der Waals surface area contributed by atoms with Gasteiger partial charge in [0.15, 0.2) is 5.82 Å². The third-order valence-electron chi connectivity index (χ3n) is 3.89. The summed E-state index contributed by atoms with van der Waals surface area (Å²) in [4.78, 5) is 15.7. The van der Waals surface area contributed by atoms with Crippen molar-refractivity contribution in [2.24, 2.45) is 0 Å². The molecule has 0 bridgehead atoms. The highest BCUT2D eigenvalue weighted by Crippen LogP contribution is 2.27. The Balaban J connectivity index is 1.90. The number of anilines is 2. The van der Waals surface area contributed by atoms with Crippen LogP contribution < -0.4 is 5.32 Å². The van der Waals surface area contributed by atoms with E-state index in [-0.39, 0.29) is 10.6 Å². The van der Waals surface area contributed by atoms with Crippen LogP contribution in [0.2, 0.25) is 5.02 Å². The minimum atomic E-state index is -1.02. The van der Waals surface area contributed by atoms with E-state index in [0.717, 1.165) is 11.0 Å². The van der Waals surface area contributed by atoms with Gasteiger partial charge in [-0.05, 0) is 48.5 Å². The van der Waals surface area contributed by atoms with Crippen LogP contribution in [-0.2, 0) is 0 Å². The molecule has 0 unspecified atom stereocenters. The summed E-state index contributed by atoms with van der Waals surface area (Å²) in [5, 5.41) is 12.3. The first-order chi connectivity index (χ1) is 12.0. The van der Waals surface area contributed by atoms with Crippen LogP contribution in [0.3, 0.4) is 0 Å². The summed E-state index contributed by atoms with van der Waals surface area (Å²) in [6.45, 7) is 0. The number of fused-ring (bicyclic) bond motifs is 3. The molecule has 5 nitrogen and oxygen atoms in total. The molecule has 0 atom stereocenters. The summed E-state index contributed by atoms with van der Waals surface area (Å²) < 4.78 is 15.2. The third-order valence-corrected chi connectivity index (χ3v) is 4.18. The zero-order valence-corrected chi connectivity index (χ0v) is 13.5. The van der Waals surface area contributed by atoms with Crippen LogP contribution in [0.25, 0.3) is 16.6 Å². The second-order valence-electron chi connectivity index (χ2n) is 5.49. The van der Waals surface area contributed by atoms with E-state index in [1.54, 1.807) is 18.2 Å². The molecule has 0 amide bonds. The molecule has 0 saturated heterocycles. The highest BCUT2D eigenvalue weighted by atomic mass is 35.5. The van der Waals surface area contributed by atoms with Crippen LogP contribution >= 0.6 is 11.6 Å². The van der Waals surface area contributed by atoms with Crippen molar-refractivity contribution in [2.75, 3.05) is 5.32 Å². The first kappa shape index (κ1) is 15.4. The summed E-state index contributed by atoms with van der Waals surface area (Å²) >= 11 is 5.82. The Morgan fingerprint density at radius 2 is 2.00 bits per heavy atom. The van der Waals surface area contributed by atoms with Crippen molar-refractivity contribution in [2.45, 2.75) is 0 Å². The summed E-state index contributed by atoms with van der Waals surface area (Å²) in [6, 6.07) is 12.8. The lowest BCUT2D eigenvalue weighted by atomic mass is 10.2. The van der Waals surface area contributed by atoms with E-state index in [4.69, 9.17) is 11.6 Å². The predicted molar refractivity (Wildman–Crippen MR) is 94.4 cm³/mol. The number of benzene rings is 2. The second kappa shape index (κ2) is 5.75. The molecule has 2 heterocycles. The van der Waals surface area contributed by atoms with Crippen molar-refractivity contribution in [3.8, 4) is 0 Å². The third kappa shape index (κ3) is 2.66. The molecule has 0 aliphatic rings. The topological polar surface area (TPSA) is 66.6 Å². The lowest BCUT2D eigenvalue weighted by Crippen LogP contribution is -2.01. The number of nitrogens with one attached hydrogen (secondary N) is 1. The van der Waals surface area contributed by atoms with E-state index in [1.807, 2.05) is 22.7 Å². The molecule has 0 fully saturated rings. The molecule has 0 aliphatic heterocycles. The first-order valence-electron chi connectivity index (χ1n) is 7.39. The molecule has 0 aliphatic carbocycles. The number of carbonyl (C=O) groups is 1. The number of hydrogen-bond donors (Lipinski definition) is 2. The van der Waals surface area contributed by atoms with E-state index in [9.17, 15) is 14.3 Å². The molecular formula is C18H11ClFN3O2. The maximum atomic E-state index is 13.3. The van der Waals surface area contributed by atoms with E-state index in [0.29, 0.717) is 17.0 Å². The molecule has 0 spiro atoms. The zero-order valence-electron chi connectivity index (χ0n) is 12.7. The van der Waals surface area contributed by atoms with E-state index >= 15 is 0 Å². The monoisotopic (exact) mass is 355 g/mol. The lowest BCUT2D eigenvalue weighted by Gasteiger charge is -2.11. The van der Waals surface area contributed by atoms with Gasteiger partial charge in [-0.2, -0.15) is 0 Å². The molecule has 4 aromatic rings. The summed E-state index contributed by atoms with van der Waals surface area (Å²) in [5.74, 6) is -1.00. The molecule has 4 rings (SSSR count). The molecular weight excluding hydrogens is 345 g/mol. The van der Waals surface area contributed by atoms with E-state index in [2.05, 4.69) is 10.3 Å². The van der Waals surface area contributed by atoms with Crippen LogP contribution in [0.5, 0.6) is 0 Å². The van der Waals surface area contributed by atoms with Crippen LogP contribution in [0.4, 0.5) is 15.9 Å². The summed E-state index contributed by atoms with van der Waals surface area (Å²) in [5.41, 5.74) is 2.85. The molecule has 0 radical (unpaired) electrons. The van der Waals surface area contributed by atoms with Crippen molar-refractivity contribution in [3.63, 3.8) is 0 Å². The molecule has 2 aromatic heterocycles. The summed E-state index contributed by atoms with van der Waals surface area (Å²) in [6.07, 6.45) is 1.86. The van der Waals surface area contributed by atoms with Crippen molar-refractivity contribution in [3.05, 3.63) is 71.1 Å². The van der Waals surface area contributed by atoms with Gasteiger partial charge in [-0.1, -0.05) is 11.6 Å². The zero-order chi connectivity index (χ0) is 17.6. The number of aromatic nitrogens is 2. The fraction of sp³-hybridized carbons (Fsp3) is 0. The van der Waals surface area contributed by atoms with Gasteiger partial charge in [-0.3, -0.25) is 0 Å². The Labute approximate surface area is 146 Å². The van der Waals surface area contributed by atoms with Crippen LogP contribution in [0.15, 0.2) is 54.7 Å². The maximum Gasteiger partial charge on any atom is 0.335 e. The Morgan fingerprint density at radius 1 is 1.16 bits per heavy atom. The van der Waals surface area contributed by atoms with E-state index < -0.39 is 11.8 Å². The SMILES string of the molecule is O=C(O)c1ccc2c(c1)nc(Nc1ccc(F)c(Cl)c1)c1cccn12. The van der Waals surface area contributed by atoms with Gasteiger partial charge < -0.3 is 14.8 Å². The highest BCUT2D eigenvalue weighted by Gasteiger charge is 2.11. The Bertz CT molecular complexity index is 1140. The number of hydrogen-bond acceptors (Lipinski definition) is 3. The molecule has 124 valence electrons. The minimum Gasteiger partial charge on any atom is -0.478 e. The average molecular weight is 356 g/mol. The normalized spacial score (nSPS) is 11.1. The quantitative estimate of drug-likeness (QED) is 0.558. The van der Waals surface area contributed by atoms with Gasteiger partial charge in [0.25, 0.3) is 0 Å². The van der Waals surface area contributed by atoms with Crippen molar-refractivity contribution < 1.29 is 14.3 Å². The molecule has 0 saturated carbocycles. The molecule has 7 heteroatoms. The standard InChI is InChI=1S/C18H11ClFN3O2/c19-12-9-11(4-5-13(12)20)21-17-16-2-1-7-23(16)15-6-3-10(18(24)25)8-14(15)22-17/h1-9H,(H,21,22)(H,24,25). The fourth-order valence-electron chi connectivity index (χ4n) is 2.71. The van der Waals surface area contributed by atoms with Crippen LogP contribution in [-0.4, -0.2) is 20.5 Å². The Hall–Kier alpha value is -3.12. The second-order valence-corrected chi connectivity index (χ2v) is 5.89. The smallest absolute Gasteiger partial charge is 0.335 e. The van der Waals surface area contributed by atoms with Crippen LogP contribution in [0, 0.1) is 5.82 Å². The molecule has 25 heavy (non-hydrogen) atoms. The number of aromatic carboxylic acids is 1. The van der Waals surface area contributed by atoms with Gasteiger partial charge in [0.05, 0.1) is 27.1 Å². The number of rotatable bonds is 3. The predicted octanol–water partition coefficient (Wildman–Crippen LogP) is 4.72. The van der Waals surface area contributed by atoms with Crippen molar-refractivity contribution in [1.29, 1.82) is 0 Å². The largest absolute Gasteiger partial charge is 0.478 e. The fourth-order valence-corrected chi connectivity index (χ4v) is 2.89. The van der Waals surface area contributed by atoms with Crippen molar-refractivity contribution >= 4 is 45.6 Å². The molecule has 2 N–H and O–H groups in total. The number of carboxylic acid groups (broad SMARTS) is 1. The number of nitrogens with zero attached hydrogens (tertiary/aromatic N) is 2. The highest BCUT2D eigenvalue weighted by molar-refractivity contribution is 6.31. The van der Waals surface area contributed by atoms with Gasteiger partial charge in [-0.25, -0.2) is 14.2 Å². The maximum absolute atomic E-state index is 13.3. The Kier molecular flexibility index (Phi) is 3.54. The Morgan fingerprint density at radius 3 is 2.76 bits per heavy atom. The first-order valence-corrected chi connectivity index (χ1v) is 7.77. The summed E-state index contributed by atoms with van der Waals surface area (Å²) in [7, 11) is 0. The van der Waals surface area contributed by atoms with Crippen molar-refractivity contribution in [1.82, 2.24) is 9.38 Å². The van der Waals surface area contributed by atoms with Crippen LogP contribution in [0.1, 0.15) is 10.4 Å². The van der Waals surface area contributed by atoms with Gasteiger partial charge in [0, 0.05) is 11.9 Å². The van der Waals surface area contributed by atoms with Gasteiger partial charge in [0.1, 0.15) is 5.82 Å².